The number of carbonyl (C=O) groups is 1. The van der Waals surface area contributed by atoms with E-state index in [1.807, 2.05) is 18.3 Å². The van der Waals surface area contributed by atoms with Crippen LogP contribution in [0.3, 0.4) is 0 Å². The summed E-state index contributed by atoms with van der Waals surface area (Å²) in [6, 6.07) is 14.8. The van der Waals surface area contributed by atoms with E-state index in [-0.39, 0.29) is 23.8 Å². The average molecular weight is 357 g/mol. The third-order valence-electron chi connectivity index (χ3n) is 5.64. The van der Waals surface area contributed by atoms with Gasteiger partial charge in [-0.25, -0.2) is 4.98 Å². The van der Waals surface area contributed by atoms with Crippen molar-refractivity contribution in [2.75, 3.05) is 7.11 Å². The minimum Gasteiger partial charge on any atom is -0.469 e. The van der Waals surface area contributed by atoms with Crippen LogP contribution in [0, 0.1) is 5.92 Å². The monoisotopic (exact) mass is 356 g/mol. The van der Waals surface area contributed by atoms with Gasteiger partial charge in [-0.15, -0.1) is 0 Å². The summed E-state index contributed by atoms with van der Waals surface area (Å²) >= 11 is 5.95. The number of carbonyl (C=O) groups excluding carboxylic acids is 1. The lowest BCUT2D eigenvalue weighted by Gasteiger charge is -2.27. The van der Waals surface area contributed by atoms with Crippen LogP contribution in [0.4, 0.5) is 0 Å². The Balaban J connectivity index is 1.67. The molecule has 0 spiro atoms. The summed E-state index contributed by atoms with van der Waals surface area (Å²) in [5, 5.41) is 0.475. The van der Waals surface area contributed by atoms with E-state index in [2.05, 4.69) is 34.1 Å². The van der Waals surface area contributed by atoms with Crippen molar-refractivity contribution >= 4 is 17.6 Å². The van der Waals surface area contributed by atoms with Crippen LogP contribution in [0.5, 0.6) is 0 Å². The van der Waals surface area contributed by atoms with Gasteiger partial charge in [-0.2, -0.15) is 0 Å². The number of fused-ring (bicyclic) bond motifs is 2. The molecule has 1 aromatic carbocycles. The summed E-state index contributed by atoms with van der Waals surface area (Å²) in [6.45, 7) is 0.862. The summed E-state index contributed by atoms with van der Waals surface area (Å²) in [5.41, 5.74) is 2.35. The Hall–Kier alpha value is -1.91. The van der Waals surface area contributed by atoms with E-state index >= 15 is 0 Å². The Labute approximate surface area is 152 Å². The first kappa shape index (κ1) is 16.6. The molecule has 0 radical (unpaired) electrons. The molecule has 0 unspecified atom stereocenters. The molecule has 4 nitrogen and oxygen atoms in total. The van der Waals surface area contributed by atoms with Crippen molar-refractivity contribution in [2.24, 2.45) is 5.92 Å². The summed E-state index contributed by atoms with van der Waals surface area (Å²) in [6.07, 6.45) is 3.94. The Morgan fingerprint density at radius 2 is 1.96 bits per heavy atom. The quantitative estimate of drug-likeness (QED) is 0.619. The van der Waals surface area contributed by atoms with Crippen LogP contribution in [0.1, 0.15) is 29.9 Å². The van der Waals surface area contributed by atoms with Gasteiger partial charge in [0, 0.05) is 30.7 Å². The maximum Gasteiger partial charge on any atom is 0.310 e. The number of nitrogens with zero attached hydrogens (tertiary/aromatic N) is 2. The van der Waals surface area contributed by atoms with Crippen LogP contribution in [0.15, 0.2) is 48.7 Å². The maximum absolute atomic E-state index is 12.6. The van der Waals surface area contributed by atoms with E-state index in [4.69, 9.17) is 16.3 Å². The molecule has 2 aliphatic heterocycles. The van der Waals surface area contributed by atoms with Crippen molar-refractivity contribution in [3.63, 3.8) is 0 Å². The van der Waals surface area contributed by atoms with E-state index < -0.39 is 0 Å². The van der Waals surface area contributed by atoms with Gasteiger partial charge in [0.25, 0.3) is 0 Å². The topological polar surface area (TPSA) is 42.4 Å². The summed E-state index contributed by atoms with van der Waals surface area (Å²) in [7, 11) is 1.48. The lowest BCUT2D eigenvalue weighted by molar-refractivity contribution is -0.147. The number of hydrogen-bond acceptors (Lipinski definition) is 4. The molecular weight excluding hydrogens is 336 g/mol. The van der Waals surface area contributed by atoms with Crippen LogP contribution in [0.25, 0.3) is 0 Å². The standard InChI is InChI=1S/C20H21ClN2O2/c1-25-20(24)19-16-9-8-15(18(19)14-7-10-17(21)22-11-14)23(16)12-13-5-3-2-4-6-13/h2-7,10-11,15-16,18-19H,8-9,12H2,1H3/t15-,16+,18-,19-/m0/s1. The number of rotatable bonds is 4. The Morgan fingerprint density at radius 3 is 2.64 bits per heavy atom. The van der Waals surface area contributed by atoms with Crippen LogP contribution in [0.2, 0.25) is 5.15 Å². The fourth-order valence-electron chi connectivity index (χ4n) is 4.65. The highest BCUT2D eigenvalue weighted by Gasteiger charge is 2.56. The lowest BCUT2D eigenvalue weighted by atomic mass is 9.76. The van der Waals surface area contributed by atoms with Crippen LogP contribution in [-0.2, 0) is 16.1 Å². The number of hydrogen-bond donors (Lipinski definition) is 0. The molecule has 0 amide bonds. The number of ether oxygens (including phenoxy) is 1. The van der Waals surface area contributed by atoms with Crippen LogP contribution >= 0.6 is 11.6 Å². The van der Waals surface area contributed by atoms with Gasteiger partial charge in [0.1, 0.15) is 5.15 Å². The fraction of sp³-hybridized carbons (Fsp3) is 0.400. The maximum atomic E-state index is 12.6. The molecule has 25 heavy (non-hydrogen) atoms. The number of halogens is 1. The molecule has 0 aliphatic carbocycles. The molecule has 2 saturated heterocycles. The zero-order valence-corrected chi connectivity index (χ0v) is 14.9. The Kier molecular flexibility index (Phi) is 4.48. The second kappa shape index (κ2) is 6.77. The van der Waals surface area contributed by atoms with Crippen molar-refractivity contribution in [1.29, 1.82) is 0 Å². The molecule has 2 aromatic rings. The van der Waals surface area contributed by atoms with Crippen molar-refractivity contribution in [3.8, 4) is 0 Å². The molecule has 3 heterocycles. The minimum absolute atomic E-state index is 0.111. The van der Waals surface area contributed by atoms with Gasteiger partial charge in [-0.3, -0.25) is 9.69 Å². The van der Waals surface area contributed by atoms with Crippen molar-refractivity contribution in [3.05, 3.63) is 64.9 Å². The van der Waals surface area contributed by atoms with Gasteiger partial charge >= 0.3 is 5.97 Å². The van der Waals surface area contributed by atoms with E-state index in [0.717, 1.165) is 24.9 Å². The second-order valence-corrected chi connectivity index (χ2v) is 7.25. The summed E-state index contributed by atoms with van der Waals surface area (Å²) in [4.78, 5) is 19.3. The third-order valence-corrected chi connectivity index (χ3v) is 5.87. The van der Waals surface area contributed by atoms with E-state index in [9.17, 15) is 4.79 Å². The smallest absolute Gasteiger partial charge is 0.310 e. The van der Waals surface area contributed by atoms with Gasteiger partial charge in [-0.05, 0) is 30.0 Å². The first-order valence-corrected chi connectivity index (χ1v) is 9.06. The Bertz CT molecular complexity index is 750. The minimum atomic E-state index is -0.143. The Morgan fingerprint density at radius 1 is 1.20 bits per heavy atom. The molecule has 2 bridgehead atoms. The number of esters is 1. The van der Waals surface area contributed by atoms with Crippen molar-refractivity contribution in [1.82, 2.24) is 9.88 Å². The van der Waals surface area contributed by atoms with E-state index in [1.165, 1.54) is 12.7 Å². The van der Waals surface area contributed by atoms with Crippen molar-refractivity contribution < 1.29 is 9.53 Å². The number of pyridine rings is 1. The average Bonchev–Trinajstić information content (AvgIpc) is 3.17. The number of methoxy groups -OCH3 is 1. The van der Waals surface area contributed by atoms with Crippen LogP contribution < -0.4 is 0 Å². The SMILES string of the molecule is COC(=O)[C@@H]1[C@@H](c2ccc(Cl)nc2)[C@@H]2CC[C@H]1N2Cc1ccccc1. The molecule has 4 atom stereocenters. The normalized spacial score (nSPS) is 28.2. The van der Waals surface area contributed by atoms with Crippen molar-refractivity contribution in [2.45, 2.75) is 37.4 Å². The van der Waals surface area contributed by atoms with Gasteiger partial charge in [0.05, 0.1) is 13.0 Å². The highest BCUT2D eigenvalue weighted by Crippen LogP contribution is 2.51. The van der Waals surface area contributed by atoms with E-state index in [1.54, 1.807) is 6.07 Å². The number of aromatic nitrogens is 1. The zero-order valence-electron chi connectivity index (χ0n) is 14.1. The molecular formula is C20H21ClN2O2. The molecule has 0 N–H and O–H groups in total. The van der Waals surface area contributed by atoms with Gasteiger partial charge in [0.2, 0.25) is 0 Å². The molecule has 1 aromatic heterocycles. The first-order valence-electron chi connectivity index (χ1n) is 8.68. The third kappa shape index (κ3) is 2.94. The second-order valence-electron chi connectivity index (χ2n) is 6.86. The van der Waals surface area contributed by atoms with Crippen LogP contribution in [-0.4, -0.2) is 35.0 Å². The molecule has 0 saturated carbocycles. The molecule has 4 rings (SSSR count). The predicted molar refractivity (Wildman–Crippen MR) is 96.3 cm³/mol. The molecule has 5 heteroatoms. The summed E-state index contributed by atoms with van der Waals surface area (Å²) < 4.78 is 5.15. The molecule has 2 aliphatic rings. The molecule has 130 valence electrons. The molecule has 2 fully saturated rings. The highest BCUT2D eigenvalue weighted by atomic mass is 35.5. The van der Waals surface area contributed by atoms with Gasteiger partial charge in [-0.1, -0.05) is 48.0 Å². The fourth-order valence-corrected chi connectivity index (χ4v) is 4.76. The summed E-state index contributed by atoms with van der Waals surface area (Å²) in [5.74, 6) is -0.152. The zero-order chi connectivity index (χ0) is 17.4. The predicted octanol–water partition coefficient (Wildman–Crippen LogP) is 3.65. The number of benzene rings is 1. The van der Waals surface area contributed by atoms with Gasteiger partial charge in [0.15, 0.2) is 0 Å². The lowest BCUT2D eigenvalue weighted by Crippen LogP contribution is -2.34. The van der Waals surface area contributed by atoms with E-state index in [0.29, 0.717) is 11.2 Å². The first-order chi connectivity index (χ1) is 12.2. The largest absolute Gasteiger partial charge is 0.469 e. The highest BCUT2D eigenvalue weighted by molar-refractivity contribution is 6.29. The van der Waals surface area contributed by atoms with Gasteiger partial charge < -0.3 is 4.74 Å².